The first-order valence-corrected chi connectivity index (χ1v) is 12.3. The Morgan fingerprint density at radius 1 is 1.10 bits per heavy atom. The van der Waals surface area contributed by atoms with E-state index in [2.05, 4.69) is 21.2 Å². The van der Waals surface area contributed by atoms with Gasteiger partial charge < -0.3 is 15.0 Å². The Kier molecular flexibility index (Phi) is 10.4. The average molecular weight is 507 g/mol. The molecule has 2 rings (SSSR count). The number of hydrogen-bond acceptors (Lipinski definition) is 4. The smallest absolute Gasteiger partial charge is 0.242 e. The summed E-state index contributed by atoms with van der Waals surface area (Å²) in [7, 11) is 1.61. The largest absolute Gasteiger partial charge is 0.497 e. The summed E-state index contributed by atoms with van der Waals surface area (Å²) in [4.78, 5) is 27.5. The summed E-state index contributed by atoms with van der Waals surface area (Å²) in [5.41, 5.74) is 2.08. The molecule has 0 heterocycles. The molecule has 0 bridgehead atoms. The van der Waals surface area contributed by atoms with Gasteiger partial charge in [0.15, 0.2) is 0 Å². The zero-order valence-electron chi connectivity index (χ0n) is 18.6. The summed E-state index contributed by atoms with van der Waals surface area (Å²) in [6.07, 6.45) is 0. The Balaban J connectivity index is 2.07. The molecule has 0 fully saturated rings. The van der Waals surface area contributed by atoms with E-state index in [1.807, 2.05) is 62.4 Å². The van der Waals surface area contributed by atoms with Crippen molar-refractivity contribution in [3.8, 4) is 5.75 Å². The molecule has 2 aromatic carbocycles. The molecule has 5 nitrogen and oxygen atoms in total. The van der Waals surface area contributed by atoms with Crippen LogP contribution in [0.4, 0.5) is 0 Å². The molecule has 0 aliphatic carbocycles. The number of nitrogens with zero attached hydrogens (tertiary/aromatic N) is 1. The quantitative estimate of drug-likeness (QED) is 0.471. The third-order valence-electron chi connectivity index (χ3n) is 4.75. The van der Waals surface area contributed by atoms with Gasteiger partial charge in [-0.3, -0.25) is 9.59 Å². The van der Waals surface area contributed by atoms with E-state index in [0.717, 1.165) is 27.1 Å². The topological polar surface area (TPSA) is 58.6 Å². The lowest BCUT2D eigenvalue weighted by Gasteiger charge is -2.29. The molecule has 0 unspecified atom stereocenters. The summed E-state index contributed by atoms with van der Waals surface area (Å²) in [5, 5.41) is 2.94. The minimum Gasteiger partial charge on any atom is -0.497 e. The third-order valence-corrected chi connectivity index (χ3v) is 6.26. The van der Waals surface area contributed by atoms with Crippen molar-refractivity contribution in [1.82, 2.24) is 10.2 Å². The maximum atomic E-state index is 13.1. The Morgan fingerprint density at radius 3 is 2.45 bits per heavy atom. The van der Waals surface area contributed by atoms with Crippen LogP contribution in [0.1, 0.15) is 31.9 Å². The number of ether oxygens (including phenoxy) is 1. The van der Waals surface area contributed by atoms with Gasteiger partial charge in [0.1, 0.15) is 11.8 Å². The van der Waals surface area contributed by atoms with E-state index >= 15 is 0 Å². The highest BCUT2D eigenvalue weighted by Crippen LogP contribution is 2.19. The van der Waals surface area contributed by atoms with Crippen molar-refractivity contribution < 1.29 is 14.3 Å². The molecule has 0 saturated heterocycles. The molecule has 0 spiro atoms. The Labute approximate surface area is 198 Å². The van der Waals surface area contributed by atoms with Crippen LogP contribution in [0.5, 0.6) is 5.75 Å². The fourth-order valence-electron chi connectivity index (χ4n) is 2.92. The molecule has 7 heteroatoms. The van der Waals surface area contributed by atoms with Gasteiger partial charge in [0.2, 0.25) is 11.8 Å². The van der Waals surface area contributed by atoms with E-state index in [4.69, 9.17) is 4.74 Å². The summed E-state index contributed by atoms with van der Waals surface area (Å²) in [6.45, 7) is 6.81. The van der Waals surface area contributed by atoms with E-state index in [0.29, 0.717) is 24.8 Å². The van der Waals surface area contributed by atoms with Gasteiger partial charge in [0.25, 0.3) is 0 Å². The second kappa shape index (κ2) is 12.8. The maximum absolute atomic E-state index is 13.1. The SMILES string of the molecule is COc1cccc(CN(C(=O)CSCc2ccc(Br)cc2)[C@H](C)C(=O)NCC(C)C)c1. The van der Waals surface area contributed by atoms with E-state index in [1.54, 1.807) is 30.7 Å². The fraction of sp³-hybridized carbons (Fsp3) is 0.417. The summed E-state index contributed by atoms with van der Waals surface area (Å²) in [6, 6.07) is 15.1. The third kappa shape index (κ3) is 8.57. The number of carbonyl (C=O) groups is 2. The molecule has 1 N–H and O–H groups in total. The van der Waals surface area contributed by atoms with Gasteiger partial charge in [-0.15, -0.1) is 11.8 Å². The number of thioether (sulfide) groups is 1. The Hall–Kier alpha value is -1.99. The van der Waals surface area contributed by atoms with Gasteiger partial charge in [-0.25, -0.2) is 0 Å². The van der Waals surface area contributed by atoms with Crippen molar-refractivity contribution in [3.63, 3.8) is 0 Å². The number of nitrogens with one attached hydrogen (secondary N) is 1. The van der Waals surface area contributed by atoms with Crippen molar-refractivity contribution in [2.24, 2.45) is 5.92 Å². The van der Waals surface area contributed by atoms with E-state index in [1.165, 1.54) is 0 Å². The van der Waals surface area contributed by atoms with Crippen molar-refractivity contribution in [3.05, 3.63) is 64.1 Å². The number of rotatable bonds is 11. The van der Waals surface area contributed by atoms with Gasteiger partial charge in [-0.2, -0.15) is 0 Å². The molecule has 31 heavy (non-hydrogen) atoms. The Bertz CT molecular complexity index is 858. The molecular formula is C24H31BrN2O3S. The molecule has 0 saturated carbocycles. The second-order valence-electron chi connectivity index (χ2n) is 7.81. The van der Waals surface area contributed by atoms with Crippen molar-refractivity contribution in [1.29, 1.82) is 0 Å². The van der Waals surface area contributed by atoms with Crippen LogP contribution in [0.2, 0.25) is 0 Å². The van der Waals surface area contributed by atoms with Crippen molar-refractivity contribution in [2.45, 2.75) is 39.1 Å². The second-order valence-corrected chi connectivity index (χ2v) is 9.71. The molecule has 0 aliphatic heterocycles. The highest BCUT2D eigenvalue weighted by atomic mass is 79.9. The fourth-order valence-corrected chi connectivity index (χ4v) is 4.06. The predicted molar refractivity (Wildman–Crippen MR) is 131 cm³/mol. The first-order chi connectivity index (χ1) is 14.8. The van der Waals surface area contributed by atoms with E-state index in [-0.39, 0.29) is 11.8 Å². The molecule has 168 valence electrons. The van der Waals surface area contributed by atoms with Crippen LogP contribution in [0.3, 0.4) is 0 Å². The van der Waals surface area contributed by atoms with Crippen LogP contribution >= 0.6 is 27.7 Å². The summed E-state index contributed by atoms with van der Waals surface area (Å²) < 4.78 is 6.33. The van der Waals surface area contributed by atoms with E-state index < -0.39 is 6.04 Å². The monoisotopic (exact) mass is 506 g/mol. The Morgan fingerprint density at radius 2 is 1.81 bits per heavy atom. The first kappa shape index (κ1) is 25.3. The lowest BCUT2D eigenvalue weighted by atomic mass is 10.1. The van der Waals surface area contributed by atoms with Crippen LogP contribution < -0.4 is 10.1 Å². The number of hydrogen-bond donors (Lipinski definition) is 1. The first-order valence-electron chi connectivity index (χ1n) is 10.3. The van der Waals surface area contributed by atoms with Gasteiger partial charge >= 0.3 is 0 Å². The van der Waals surface area contributed by atoms with Crippen molar-refractivity contribution in [2.75, 3.05) is 19.4 Å². The predicted octanol–water partition coefficient (Wildman–Crippen LogP) is 4.88. The highest BCUT2D eigenvalue weighted by Gasteiger charge is 2.26. The number of benzene rings is 2. The maximum Gasteiger partial charge on any atom is 0.242 e. The zero-order valence-corrected chi connectivity index (χ0v) is 21.0. The lowest BCUT2D eigenvalue weighted by Crippen LogP contribution is -2.48. The highest BCUT2D eigenvalue weighted by molar-refractivity contribution is 9.10. The van der Waals surface area contributed by atoms with Gasteiger partial charge in [0, 0.05) is 23.3 Å². The van der Waals surface area contributed by atoms with Gasteiger partial charge in [-0.1, -0.05) is 54.0 Å². The van der Waals surface area contributed by atoms with Gasteiger partial charge in [0.05, 0.1) is 12.9 Å². The van der Waals surface area contributed by atoms with Crippen LogP contribution in [0.15, 0.2) is 53.0 Å². The summed E-state index contributed by atoms with van der Waals surface area (Å²) in [5.74, 6) is 1.92. The average Bonchev–Trinajstić information content (AvgIpc) is 2.76. The van der Waals surface area contributed by atoms with Crippen LogP contribution in [-0.2, 0) is 21.9 Å². The lowest BCUT2D eigenvalue weighted by molar-refractivity contribution is -0.138. The van der Waals surface area contributed by atoms with Crippen molar-refractivity contribution >= 4 is 39.5 Å². The van der Waals surface area contributed by atoms with Crippen LogP contribution in [0, 0.1) is 5.92 Å². The molecule has 1 atom stereocenters. The molecule has 0 aliphatic rings. The van der Waals surface area contributed by atoms with E-state index in [9.17, 15) is 9.59 Å². The normalized spacial score (nSPS) is 11.8. The molecule has 2 amide bonds. The number of carbonyl (C=O) groups excluding carboxylic acids is 2. The minimum absolute atomic E-state index is 0.0582. The van der Waals surface area contributed by atoms with Gasteiger partial charge in [-0.05, 0) is 48.2 Å². The van der Waals surface area contributed by atoms with Crippen LogP contribution in [-0.4, -0.2) is 42.2 Å². The number of methoxy groups -OCH3 is 1. The molecular weight excluding hydrogens is 476 g/mol. The zero-order chi connectivity index (χ0) is 22.8. The summed E-state index contributed by atoms with van der Waals surface area (Å²) >= 11 is 4.99. The molecule has 0 radical (unpaired) electrons. The number of amides is 2. The molecule has 2 aromatic rings. The van der Waals surface area contributed by atoms with Crippen LogP contribution in [0.25, 0.3) is 0 Å². The minimum atomic E-state index is -0.564. The number of halogens is 1. The molecule has 0 aromatic heterocycles. The standard InChI is InChI=1S/C24H31BrN2O3S/c1-17(2)13-26-24(29)18(3)27(14-20-6-5-7-22(12-20)30-4)23(28)16-31-15-19-8-10-21(25)11-9-19/h5-12,17-18H,13-16H2,1-4H3,(H,26,29)/t18-/m1/s1.